The highest BCUT2D eigenvalue weighted by molar-refractivity contribution is 9.10. The maximum atomic E-state index is 5.45. The highest BCUT2D eigenvalue weighted by Gasteiger charge is 2.01. The van der Waals surface area contributed by atoms with Crippen molar-refractivity contribution in [3.63, 3.8) is 0 Å². The molecule has 0 aliphatic rings. The van der Waals surface area contributed by atoms with Crippen LogP contribution in [0.25, 0.3) is 11.0 Å². The summed E-state index contributed by atoms with van der Waals surface area (Å²) in [5, 5.41) is 1.09. The van der Waals surface area contributed by atoms with Gasteiger partial charge in [0, 0.05) is 9.86 Å². The lowest BCUT2D eigenvalue weighted by molar-refractivity contribution is 0.552. The summed E-state index contributed by atoms with van der Waals surface area (Å²) in [6.45, 7) is 0.451. The molecule has 13 heavy (non-hydrogen) atoms. The highest BCUT2D eigenvalue weighted by atomic mass is 79.9. The van der Waals surface area contributed by atoms with Crippen molar-refractivity contribution < 1.29 is 4.42 Å². The molecule has 0 saturated heterocycles. The van der Waals surface area contributed by atoms with Gasteiger partial charge in [-0.3, -0.25) is 0 Å². The third kappa shape index (κ3) is 2.05. The van der Waals surface area contributed by atoms with Crippen molar-refractivity contribution in [1.82, 2.24) is 0 Å². The fraction of sp³-hybridized carbons (Fsp3) is 0.111. The fourth-order valence-electron chi connectivity index (χ4n) is 1.17. The Kier molecular flexibility index (Phi) is 3.36. The summed E-state index contributed by atoms with van der Waals surface area (Å²) in [5.41, 5.74) is 6.33. The van der Waals surface area contributed by atoms with Gasteiger partial charge < -0.3 is 10.2 Å². The van der Waals surface area contributed by atoms with Crippen molar-refractivity contribution in [2.24, 2.45) is 5.73 Å². The average Bonchev–Trinajstić information content (AvgIpc) is 2.46. The lowest BCUT2D eigenvalue weighted by Crippen LogP contribution is -1.92. The van der Waals surface area contributed by atoms with E-state index < -0.39 is 0 Å². The zero-order valence-electron chi connectivity index (χ0n) is 6.79. The number of nitrogens with two attached hydrogens (primary N) is 1. The molecule has 1 aromatic carbocycles. The molecule has 0 aliphatic carbocycles. The number of fused-ring (bicyclic) bond motifs is 1. The standard InChI is InChI=1S/C9H8BrNO.ClH/c10-7-1-2-9-6(3-7)4-8(5-11)12-9;/h1-4H,5,11H2;1H. The van der Waals surface area contributed by atoms with Gasteiger partial charge in [-0.05, 0) is 24.3 Å². The van der Waals surface area contributed by atoms with Crippen LogP contribution in [-0.2, 0) is 6.54 Å². The number of halogens is 2. The SMILES string of the molecule is Cl.NCc1cc2cc(Br)ccc2o1. The third-order valence-electron chi connectivity index (χ3n) is 1.73. The molecule has 1 heterocycles. The van der Waals surface area contributed by atoms with Gasteiger partial charge in [0.25, 0.3) is 0 Å². The van der Waals surface area contributed by atoms with Gasteiger partial charge in [0.2, 0.25) is 0 Å². The van der Waals surface area contributed by atoms with E-state index in [0.29, 0.717) is 6.54 Å². The molecule has 70 valence electrons. The van der Waals surface area contributed by atoms with Crippen LogP contribution in [0.2, 0.25) is 0 Å². The summed E-state index contributed by atoms with van der Waals surface area (Å²) in [7, 11) is 0. The quantitative estimate of drug-likeness (QED) is 0.858. The number of furan rings is 1. The molecule has 2 rings (SSSR count). The minimum Gasteiger partial charge on any atom is -0.460 e. The molecule has 0 radical (unpaired) electrons. The van der Waals surface area contributed by atoms with Crippen molar-refractivity contribution in [3.8, 4) is 0 Å². The normalized spacial score (nSPS) is 10.0. The van der Waals surface area contributed by atoms with E-state index in [1.165, 1.54) is 0 Å². The van der Waals surface area contributed by atoms with Crippen LogP contribution in [0.5, 0.6) is 0 Å². The summed E-state index contributed by atoms with van der Waals surface area (Å²) < 4.78 is 6.48. The zero-order valence-corrected chi connectivity index (χ0v) is 9.19. The van der Waals surface area contributed by atoms with E-state index >= 15 is 0 Å². The van der Waals surface area contributed by atoms with E-state index in [4.69, 9.17) is 10.2 Å². The van der Waals surface area contributed by atoms with Crippen molar-refractivity contribution in [2.45, 2.75) is 6.54 Å². The van der Waals surface area contributed by atoms with E-state index in [0.717, 1.165) is 21.2 Å². The van der Waals surface area contributed by atoms with Crippen LogP contribution in [0.15, 0.2) is 33.2 Å². The smallest absolute Gasteiger partial charge is 0.134 e. The van der Waals surface area contributed by atoms with E-state index in [-0.39, 0.29) is 12.4 Å². The monoisotopic (exact) mass is 261 g/mol. The van der Waals surface area contributed by atoms with Gasteiger partial charge in [0.15, 0.2) is 0 Å². The molecule has 2 N–H and O–H groups in total. The Morgan fingerprint density at radius 1 is 1.31 bits per heavy atom. The minimum absolute atomic E-state index is 0. The Morgan fingerprint density at radius 2 is 2.08 bits per heavy atom. The van der Waals surface area contributed by atoms with Crippen LogP contribution >= 0.6 is 28.3 Å². The fourth-order valence-corrected chi connectivity index (χ4v) is 1.55. The summed E-state index contributed by atoms with van der Waals surface area (Å²) in [6.07, 6.45) is 0. The first kappa shape index (κ1) is 10.6. The van der Waals surface area contributed by atoms with Crippen molar-refractivity contribution in [2.75, 3.05) is 0 Å². The van der Waals surface area contributed by atoms with E-state index in [2.05, 4.69) is 15.9 Å². The predicted octanol–water partition coefficient (Wildman–Crippen LogP) is 3.08. The van der Waals surface area contributed by atoms with Crippen LogP contribution in [0.1, 0.15) is 5.76 Å². The first-order chi connectivity index (χ1) is 5.79. The van der Waals surface area contributed by atoms with Crippen LogP contribution in [0.3, 0.4) is 0 Å². The predicted molar refractivity (Wildman–Crippen MR) is 59.1 cm³/mol. The lowest BCUT2D eigenvalue weighted by Gasteiger charge is -1.87. The summed E-state index contributed by atoms with van der Waals surface area (Å²) in [4.78, 5) is 0. The molecule has 0 aliphatic heterocycles. The Labute approximate surface area is 90.6 Å². The molecule has 4 heteroatoms. The van der Waals surface area contributed by atoms with Crippen LogP contribution in [-0.4, -0.2) is 0 Å². The third-order valence-corrected chi connectivity index (χ3v) is 2.22. The number of rotatable bonds is 1. The molecule has 0 amide bonds. The largest absolute Gasteiger partial charge is 0.460 e. The number of hydrogen-bond acceptors (Lipinski definition) is 2. The van der Waals surface area contributed by atoms with E-state index in [9.17, 15) is 0 Å². The Bertz CT molecular complexity index is 413. The molecule has 0 spiro atoms. The van der Waals surface area contributed by atoms with Gasteiger partial charge in [-0.15, -0.1) is 12.4 Å². The Morgan fingerprint density at radius 3 is 2.77 bits per heavy atom. The first-order valence-corrected chi connectivity index (χ1v) is 4.47. The molecule has 0 unspecified atom stereocenters. The molecule has 0 saturated carbocycles. The summed E-state index contributed by atoms with van der Waals surface area (Å²) in [6, 6.07) is 7.85. The van der Waals surface area contributed by atoms with Gasteiger partial charge in [0.1, 0.15) is 11.3 Å². The van der Waals surface area contributed by atoms with Crippen molar-refractivity contribution in [3.05, 3.63) is 34.5 Å². The topological polar surface area (TPSA) is 39.2 Å². The molecular formula is C9H9BrClNO. The lowest BCUT2D eigenvalue weighted by atomic mass is 10.2. The molecule has 1 aromatic heterocycles. The van der Waals surface area contributed by atoms with Gasteiger partial charge in [-0.25, -0.2) is 0 Å². The van der Waals surface area contributed by atoms with Crippen molar-refractivity contribution >= 4 is 39.3 Å². The zero-order chi connectivity index (χ0) is 8.55. The minimum atomic E-state index is 0. The number of hydrogen-bond donors (Lipinski definition) is 1. The first-order valence-electron chi connectivity index (χ1n) is 3.67. The van der Waals surface area contributed by atoms with Crippen LogP contribution in [0, 0.1) is 0 Å². The molecule has 2 aromatic rings. The Balaban J connectivity index is 0.000000845. The van der Waals surface area contributed by atoms with E-state index in [1.54, 1.807) is 0 Å². The molecule has 0 fully saturated rings. The van der Waals surface area contributed by atoms with Crippen LogP contribution in [0.4, 0.5) is 0 Å². The second kappa shape index (κ2) is 4.13. The second-order valence-corrected chi connectivity index (χ2v) is 3.51. The van der Waals surface area contributed by atoms with Gasteiger partial charge >= 0.3 is 0 Å². The molecular weight excluding hydrogens is 253 g/mol. The van der Waals surface area contributed by atoms with E-state index in [1.807, 2.05) is 24.3 Å². The second-order valence-electron chi connectivity index (χ2n) is 2.60. The van der Waals surface area contributed by atoms with Gasteiger partial charge in [-0.2, -0.15) is 0 Å². The number of benzene rings is 1. The van der Waals surface area contributed by atoms with Gasteiger partial charge in [0.05, 0.1) is 6.54 Å². The van der Waals surface area contributed by atoms with Gasteiger partial charge in [-0.1, -0.05) is 15.9 Å². The average molecular weight is 263 g/mol. The summed E-state index contributed by atoms with van der Waals surface area (Å²) >= 11 is 3.39. The maximum absolute atomic E-state index is 5.45. The van der Waals surface area contributed by atoms with Crippen molar-refractivity contribution in [1.29, 1.82) is 0 Å². The highest BCUT2D eigenvalue weighted by Crippen LogP contribution is 2.22. The summed E-state index contributed by atoms with van der Waals surface area (Å²) in [5.74, 6) is 0.822. The molecule has 0 atom stereocenters. The molecule has 0 bridgehead atoms. The molecule has 2 nitrogen and oxygen atoms in total. The Hall–Kier alpha value is -0.510. The maximum Gasteiger partial charge on any atom is 0.134 e. The van der Waals surface area contributed by atoms with Crippen LogP contribution < -0.4 is 5.73 Å².